The molecular formula is C22H20FN7O. The smallest absolute Gasteiger partial charge is 0.254 e. The number of pyridine rings is 1. The number of rotatable bonds is 3. The molecule has 1 aliphatic rings. The highest BCUT2D eigenvalue weighted by atomic mass is 19.1. The predicted octanol–water partition coefficient (Wildman–Crippen LogP) is 2.62. The van der Waals surface area contributed by atoms with E-state index in [-0.39, 0.29) is 11.7 Å². The van der Waals surface area contributed by atoms with Crippen molar-refractivity contribution in [3.8, 4) is 5.69 Å². The second-order valence-corrected chi connectivity index (χ2v) is 7.48. The number of piperazine rings is 1. The molecule has 156 valence electrons. The van der Waals surface area contributed by atoms with E-state index in [4.69, 9.17) is 0 Å². The van der Waals surface area contributed by atoms with E-state index in [0.717, 1.165) is 5.69 Å². The lowest BCUT2D eigenvalue weighted by molar-refractivity contribution is 0.0748. The summed E-state index contributed by atoms with van der Waals surface area (Å²) in [4.78, 5) is 21.5. The molecule has 0 atom stereocenters. The molecule has 1 saturated heterocycles. The highest BCUT2D eigenvalue weighted by molar-refractivity contribution is 6.06. The first kappa shape index (κ1) is 19.1. The molecule has 0 N–H and O–H groups in total. The van der Waals surface area contributed by atoms with Gasteiger partial charge in [-0.2, -0.15) is 4.68 Å². The molecule has 2 aromatic carbocycles. The number of tetrazole rings is 1. The number of nitrogens with zero attached hydrogens (tertiary/aromatic N) is 7. The maximum atomic E-state index is 13.6. The summed E-state index contributed by atoms with van der Waals surface area (Å²) in [6.07, 6.45) is 0. The summed E-state index contributed by atoms with van der Waals surface area (Å²) in [6, 6.07) is 15.8. The number of benzene rings is 2. The van der Waals surface area contributed by atoms with Crippen molar-refractivity contribution >= 4 is 22.8 Å². The number of amides is 1. The van der Waals surface area contributed by atoms with Crippen molar-refractivity contribution in [1.29, 1.82) is 0 Å². The molecule has 5 rings (SSSR count). The number of halogens is 1. The van der Waals surface area contributed by atoms with Gasteiger partial charge in [0.1, 0.15) is 5.82 Å². The van der Waals surface area contributed by atoms with Crippen LogP contribution in [0.25, 0.3) is 16.6 Å². The molecule has 4 aromatic rings. The van der Waals surface area contributed by atoms with Crippen LogP contribution >= 0.6 is 0 Å². The lowest BCUT2D eigenvalue weighted by atomic mass is 10.1. The zero-order valence-corrected chi connectivity index (χ0v) is 16.9. The number of aryl methyl sites for hydroxylation is 1. The SMILES string of the molecule is Cc1cc(C(=O)N2CCN(c3nnnn3-c3ccccc3)CC2)c2ccc(F)cc2n1. The minimum Gasteiger partial charge on any atom is -0.336 e. The molecule has 0 bridgehead atoms. The number of aromatic nitrogens is 5. The Bertz CT molecular complexity index is 1240. The van der Waals surface area contributed by atoms with Gasteiger partial charge < -0.3 is 9.80 Å². The van der Waals surface area contributed by atoms with Crippen LogP contribution in [0.2, 0.25) is 0 Å². The lowest BCUT2D eigenvalue weighted by Gasteiger charge is -2.35. The van der Waals surface area contributed by atoms with E-state index >= 15 is 0 Å². The number of anilines is 1. The van der Waals surface area contributed by atoms with Gasteiger partial charge in [0.15, 0.2) is 0 Å². The van der Waals surface area contributed by atoms with Crippen molar-refractivity contribution in [2.24, 2.45) is 0 Å². The number of para-hydroxylation sites is 1. The Balaban J connectivity index is 1.36. The number of hydrogen-bond donors (Lipinski definition) is 0. The van der Waals surface area contributed by atoms with Gasteiger partial charge in [-0.15, -0.1) is 0 Å². The van der Waals surface area contributed by atoms with E-state index in [1.165, 1.54) is 12.1 Å². The second-order valence-electron chi connectivity index (χ2n) is 7.48. The third-order valence-corrected chi connectivity index (χ3v) is 5.43. The Kier molecular flexibility index (Phi) is 4.78. The number of carbonyl (C=O) groups is 1. The van der Waals surface area contributed by atoms with Gasteiger partial charge in [-0.1, -0.05) is 23.3 Å². The van der Waals surface area contributed by atoms with Crippen LogP contribution in [0.3, 0.4) is 0 Å². The molecule has 1 fully saturated rings. The van der Waals surface area contributed by atoms with Crippen LogP contribution < -0.4 is 4.90 Å². The third kappa shape index (κ3) is 3.58. The van der Waals surface area contributed by atoms with Crippen LogP contribution in [-0.4, -0.2) is 62.2 Å². The van der Waals surface area contributed by atoms with Gasteiger partial charge in [-0.05, 0) is 47.7 Å². The van der Waals surface area contributed by atoms with Crippen molar-refractivity contribution < 1.29 is 9.18 Å². The summed E-state index contributed by atoms with van der Waals surface area (Å²) in [7, 11) is 0. The minimum atomic E-state index is -0.367. The normalized spacial score (nSPS) is 14.3. The fraction of sp³-hybridized carbons (Fsp3) is 0.227. The predicted molar refractivity (Wildman–Crippen MR) is 114 cm³/mol. The Morgan fingerprint density at radius 2 is 1.77 bits per heavy atom. The molecule has 31 heavy (non-hydrogen) atoms. The van der Waals surface area contributed by atoms with E-state index in [9.17, 15) is 9.18 Å². The summed E-state index contributed by atoms with van der Waals surface area (Å²) >= 11 is 0. The first-order chi connectivity index (χ1) is 15.1. The van der Waals surface area contributed by atoms with E-state index in [2.05, 4.69) is 25.4 Å². The Labute approximate surface area is 177 Å². The summed E-state index contributed by atoms with van der Waals surface area (Å²) < 4.78 is 15.3. The summed E-state index contributed by atoms with van der Waals surface area (Å²) in [6.45, 7) is 4.09. The average Bonchev–Trinajstić information content (AvgIpc) is 3.28. The summed E-state index contributed by atoms with van der Waals surface area (Å²) in [5.41, 5.74) is 2.60. The lowest BCUT2D eigenvalue weighted by Crippen LogP contribution is -2.49. The number of fused-ring (bicyclic) bond motifs is 1. The standard InChI is InChI=1S/C22H20FN7O/c1-15-13-19(18-8-7-16(23)14-20(18)24-15)21(31)28-9-11-29(12-10-28)22-25-26-27-30(22)17-5-3-2-4-6-17/h2-8,13-14H,9-12H2,1H3. The molecule has 0 radical (unpaired) electrons. The minimum absolute atomic E-state index is 0.0793. The Morgan fingerprint density at radius 3 is 2.55 bits per heavy atom. The summed E-state index contributed by atoms with van der Waals surface area (Å²) in [5, 5.41) is 12.8. The maximum absolute atomic E-state index is 13.6. The molecule has 2 aromatic heterocycles. The molecule has 8 nitrogen and oxygen atoms in total. The van der Waals surface area contributed by atoms with Crippen molar-refractivity contribution in [1.82, 2.24) is 30.1 Å². The van der Waals surface area contributed by atoms with Gasteiger partial charge in [-0.3, -0.25) is 9.78 Å². The molecular weight excluding hydrogens is 397 g/mol. The van der Waals surface area contributed by atoms with Crippen molar-refractivity contribution in [3.63, 3.8) is 0 Å². The monoisotopic (exact) mass is 417 g/mol. The largest absolute Gasteiger partial charge is 0.336 e. The van der Waals surface area contributed by atoms with E-state index in [0.29, 0.717) is 54.3 Å². The summed E-state index contributed by atoms with van der Waals surface area (Å²) in [5.74, 6) is 0.206. The Hall–Kier alpha value is -3.88. The van der Waals surface area contributed by atoms with E-state index in [1.807, 2.05) is 42.2 Å². The molecule has 3 heterocycles. The number of carbonyl (C=O) groups excluding carboxylic acids is 1. The quantitative estimate of drug-likeness (QED) is 0.510. The van der Waals surface area contributed by atoms with Gasteiger partial charge in [0, 0.05) is 43.3 Å². The van der Waals surface area contributed by atoms with Crippen molar-refractivity contribution in [2.75, 3.05) is 31.1 Å². The first-order valence-electron chi connectivity index (χ1n) is 10.0. The average molecular weight is 417 g/mol. The van der Waals surface area contributed by atoms with Crippen LogP contribution in [0.4, 0.5) is 10.3 Å². The van der Waals surface area contributed by atoms with Crippen LogP contribution in [0, 0.1) is 12.7 Å². The van der Waals surface area contributed by atoms with E-state index in [1.54, 1.807) is 16.8 Å². The topological polar surface area (TPSA) is 80.0 Å². The maximum Gasteiger partial charge on any atom is 0.254 e. The highest BCUT2D eigenvalue weighted by Crippen LogP contribution is 2.23. The van der Waals surface area contributed by atoms with Crippen LogP contribution in [0.15, 0.2) is 54.6 Å². The van der Waals surface area contributed by atoms with Crippen LogP contribution in [-0.2, 0) is 0 Å². The van der Waals surface area contributed by atoms with Crippen LogP contribution in [0.1, 0.15) is 16.1 Å². The molecule has 0 aliphatic carbocycles. The van der Waals surface area contributed by atoms with Gasteiger partial charge in [0.05, 0.1) is 16.8 Å². The fourth-order valence-electron chi connectivity index (χ4n) is 3.91. The molecule has 1 aliphatic heterocycles. The van der Waals surface area contributed by atoms with Gasteiger partial charge >= 0.3 is 0 Å². The molecule has 0 spiro atoms. The first-order valence-corrected chi connectivity index (χ1v) is 10.0. The van der Waals surface area contributed by atoms with E-state index < -0.39 is 0 Å². The molecule has 9 heteroatoms. The van der Waals surface area contributed by atoms with Gasteiger partial charge in [0.25, 0.3) is 5.91 Å². The second kappa shape index (κ2) is 7.75. The number of hydrogen-bond acceptors (Lipinski definition) is 6. The molecule has 1 amide bonds. The zero-order valence-electron chi connectivity index (χ0n) is 16.9. The van der Waals surface area contributed by atoms with Crippen LogP contribution in [0.5, 0.6) is 0 Å². The van der Waals surface area contributed by atoms with Crippen molar-refractivity contribution in [3.05, 3.63) is 71.7 Å². The van der Waals surface area contributed by atoms with Gasteiger partial charge in [0.2, 0.25) is 5.95 Å². The zero-order chi connectivity index (χ0) is 21.4. The molecule has 0 saturated carbocycles. The highest BCUT2D eigenvalue weighted by Gasteiger charge is 2.26. The van der Waals surface area contributed by atoms with Crippen molar-refractivity contribution in [2.45, 2.75) is 6.92 Å². The fourth-order valence-corrected chi connectivity index (χ4v) is 3.91. The van der Waals surface area contributed by atoms with Gasteiger partial charge in [-0.25, -0.2) is 4.39 Å². The Morgan fingerprint density at radius 1 is 1.00 bits per heavy atom. The molecule has 0 unspecified atom stereocenters. The third-order valence-electron chi connectivity index (χ3n) is 5.43.